The van der Waals surface area contributed by atoms with E-state index >= 15 is 0 Å². The molecule has 0 amide bonds. The van der Waals surface area contributed by atoms with Gasteiger partial charge in [0.15, 0.2) is 0 Å². The zero-order valence-corrected chi connectivity index (χ0v) is 10.6. The predicted molar refractivity (Wildman–Crippen MR) is 74.2 cm³/mol. The lowest BCUT2D eigenvalue weighted by Gasteiger charge is -2.31. The minimum Gasteiger partial charge on any atom is -0.387 e. The largest absolute Gasteiger partial charge is 0.387 e. The van der Waals surface area contributed by atoms with Crippen LogP contribution in [0, 0.1) is 11.3 Å². The van der Waals surface area contributed by atoms with Crippen LogP contribution < -0.4 is 10.6 Å². The van der Waals surface area contributed by atoms with Gasteiger partial charge in [-0.3, -0.25) is 5.41 Å². The molecule has 0 bridgehead atoms. The summed E-state index contributed by atoms with van der Waals surface area (Å²) in [4.78, 5) is 6.65. The molecule has 19 heavy (non-hydrogen) atoms. The van der Waals surface area contributed by atoms with E-state index in [4.69, 9.17) is 11.1 Å². The van der Waals surface area contributed by atoms with Crippen LogP contribution in [0.2, 0.25) is 0 Å². The van der Waals surface area contributed by atoms with Crippen LogP contribution in [0.3, 0.4) is 0 Å². The number of nitrogens with one attached hydrogen (secondary N) is 1. The molecular weight excluding hydrogens is 240 g/mol. The Bertz CT molecular complexity index is 603. The van der Waals surface area contributed by atoms with Gasteiger partial charge in [-0.25, -0.2) is 4.98 Å². The van der Waals surface area contributed by atoms with E-state index in [0.717, 1.165) is 37.0 Å². The van der Waals surface area contributed by atoms with Crippen LogP contribution in [-0.2, 0) is 0 Å². The van der Waals surface area contributed by atoms with Gasteiger partial charge in [0, 0.05) is 19.0 Å². The summed E-state index contributed by atoms with van der Waals surface area (Å²) in [5.74, 6) is 1.16. The molecule has 1 aliphatic heterocycles. The quantitative estimate of drug-likeness (QED) is 0.621. The van der Waals surface area contributed by atoms with Crippen molar-refractivity contribution in [1.29, 1.82) is 5.41 Å². The number of amidine groups is 1. The number of hydrogen-bond donors (Lipinski definition) is 2. The van der Waals surface area contributed by atoms with Crippen molar-refractivity contribution in [3.8, 4) is 0 Å². The number of nitrogens with two attached hydrogens (primary N) is 1. The third-order valence-corrected chi connectivity index (χ3v) is 3.57. The van der Waals surface area contributed by atoms with Gasteiger partial charge in [-0.1, -0.05) is 12.1 Å². The molecule has 0 atom stereocenters. The van der Waals surface area contributed by atoms with Gasteiger partial charge >= 0.3 is 0 Å². The third kappa shape index (κ3) is 2.33. The molecule has 1 fully saturated rings. The van der Waals surface area contributed by atoms with Crippen LogP contribution in [0.1, 0.15) is 12.8 Å². The van der Waals surface area contributed by atoms with Crippen molar-refractivity contribution in [2.24, 2.45) is 11.7 Å². The number of rotatable bonds is 2. The number of aromatic nitrogens is 3. The van der Waals surface area contributed by atoms with Crippen molar-refractivity contribution in [3.05, 3.63) is 24.3 Å². The summed E-state index contributed by atoms with van der Waals surface area (Å²) >= 11 is 0. The lowest BCUT2D eigenvalue weighted by Crippen LogP contribution is -2.39. The highest BCUT2D eigenvalue weighted by Gasteiger charge is 2.23. The van der Waals surface area contributed by atoms with Crippen LogP contribution >= 0.6 is 0 Å². The molecule has 98 valence electrons. The van der Waals surface area contributed by atoms with Gasteiger partial charge in [-0.05, 0) is 25.0 Å². The molecule has 1 aromatic carbocycles. The number of fused-ring (bicyclic) bond motifs is 1. The van der Waals surface area contributed by atoms with E-state index in [1.165, 1.54) is 0 Å². The van der Waals surface area contributed by atoms with Gasteiger partial charge in [0.25, 0.3) is 0 Å². The molecule has 1 aliphatic rings. The third-order valence-electron chi connectivity index (χ3n) is 3.57. The first-order valence-electron chi connectivity index (χ1n) is 6.42. The molecule has 0 radical (unpaired) electrons. The summed E-state index contributed by atoms with van der Waals surface area (Å²) in [7, 11) is 0. The molecule has 2 heterocycles. The maximum absolute atomic E-state index is 7.48. The van der Waals surface area contributed by atoms with E-state index in [1.54, 1.807) is 0 Å². The Hall–Kier alpha value is -2.24. The molecule has 0 spiro atoms. The fourth-order valence-electron chi connectivity index (χ4n) is 2.40. The fourth-order valence-corrected chi connectivity index (χ4v) is 2.40. The maximum atomic E-state index is 7.48. The summed E-state index contributed by atoms with van der Waals surface area (Å²) in [6, 6.07) is 7.72. The Morgan fingerprint density at radius 1 is 1.16 bits per heavy atom. The van der Waals surface area contributed by atoms with Crippen LogP contribution in [0.15, 0.2) is 24.3 Å². The number of nitrogens with zero attached hydrogens (tertiary/aromatic N) is 4. The van der Waals surface area contributed by atoms with Crippen LogP contribution in [-0.4, -0.2) is 34.1 Å². The number of piperidine rings is 1. The fraction of sp³-hybridized carbons (Fsp3) is 0.385. The number of para-hydroxylation sites is 1. The molecule has 0 aliphatic carbocycles. The second-order valence-electron chi connectivity index (χ2n) is 4.82. The van der Waals surface area contributed by atoms with Crippen molar-refractivity contribution in [1.82, 2.24) is 15.2 Å². The summed E-state index contributed by atoms with van der Waals surface area (Å²) in [6.45, 7) is 1.65. The van der Waals surface area contributed by atoms with Gasteiger partial charge < -0.3 is 10.6 Å². The summed E-state index contributed by atoms with van der Waals surface area (Å²) in [5, 5.41) is 15.9. The smallest absolute Gasteiger partial charge is 0.245 e. The number of benzene rings is 1. The molecule has 3 rings (SSSR count). The van der Waals surface area contributed by atoms with Crippen molar-refractivity contribution in [2.45, 2.75) is 12.8 Å². The van der Waals surface area contributed by atoms with Crippen molar-refractivity contribution in [2.75, 3.05) is 18.0 Å². The highest BCUT2D eigenvalue weighted by Crippen LogP contribution is 2.21. The maximum Gasteiger partial charge on any atom is 0.245 e. The van der Waals surface area contributed by atoms with Crippen LogP contribution in [0.5, 0.6) is 0 Å². The van der Waals surface area contributed by atoms with E-state index < -0.39 is 0 Å². The zero-order valence-electron chi connectivity index (χ0n) is 10.6. The first-order chi connectivity index (χ1) is 9.24. The highest BCUT2D eigenvalue weighted by atomic mass is 15.3. The van der Waals surface area contributed by atoms with Crippen molar-refractivity contribution < 1.29 is 0 Å². The summed E-state index contributed by atoms with van der Waals surface area (Å²) < 4.78 is 0. The molecule has 3 N–H and O–H groups in total. The molecule has 1 saturated heterocycles. The van der Waals surface area contributed by atoms with Gasteiger partial charge in [0.1, 0.15) is 5.52 Å². The van der Waals surface area contributed by atoms with Crippen LogP contribution in [0.4, 0.5) is 5.95 Å². The monoisotopic (exact) mass is 256 g/mol. The van der Waals surface area contributed by atoms with Gasteiger partial charge in [-0.2, -0.15) is 0 Å². The molecule has 0 unspecified atom stereocenters. The zero-order chi connectivity index (χ0) is 13.2. The molecule has 2 aromatic rings. The lowest BCUT2D eigenvalue weighted by molar-refractivity contribution is 0.491. The number of hydrogen-bond acceptors (Lipinski definition) is 5. The average molecular weight is 256 g/mol. The van der Waals surface area contributed by atoms with Gasteiger partial charge in [-0.15, -0.1) is 10.2 Å². The number of anilines is 1. The minimum atomic E-state index is 0.199. The second-order valence-corrected chi connectivity index (χ2v) is 4.82. The highest BCUT2D eigenvalue weighted by molar-refractivity contribution is 5.80. The normalized spacial score (nSPS) is 16.7. The van der Waals surface area contributed by atoms with Crippen molar-refractivity contribution in [3.63, 3.8) is 0 Å². The minimum absolute atomic E-state index is 0.199. The molecular formula is C13H16N6. The lowest BCUT2D eigenvalue weighted by atomic mass is 9.96. The Morgan fingerprint density at radius 3 is 2.53 bits per heavy atom. The first-order valence-corrected chi connectivity index (χ1v) is 6.42. The first kappa shape index (κ1) is 11.8. The predicted octanol–water partition coefficient (Wildman–Crippen LogP) is 1.18. The molecule has 6 heteroatoms. The Kier molecular flexibility index (Phi) is 2.98. The second kappa shape index (κ2) is 4.79. The molecule has 6 nitrogen and oxygen atoms in total. The Labute approximate surface area is 111 Å². The summed E-state index contributed by atoms with van der Waals surface area (Å²) in [5.41, 5.74) is 7.22. The molecule has 1 aromatic heterocycles. The van der Waals surface area contributed by atoms with E-state index in [9.17, 15) is 0 Å². The SMILES string of the molecule is N=C(N)C1CCN(c2nnc3ccccc3n2)CC1. The van der Waals surface area contributed by atoms with Gasteiger partial charge in [0.05, 0.1) is 11.4 Å². The van der Waals surface area contributed by atoms with E-state index in [1.807, 2.05) is 24.3 Å². The molecule has 0 saturated carbocycles. The van der Waals surface area contributed by atoms with Crippen LogP contribution in [0.25, 0.3) is 11.0 Å². The summed E-state index contributed by atoms with van der Waals surface area (Å²) in [6.07, 6.45) is 1.76. The Balaban J connectivity index is 1.80. The van der Waals surface area contributed by atoms with Crippen molar-refractivity contribution >= 4 is 22.8 Å². The average Bonchev–Trinajstić information content (AvgIpc) is 2.47. The van der Waals surface area contributed by atoms with E-state index in [-0.39, 0.29) is 11.8 Å². The standard InChI is InChI=1S/C13H16N6/c14-12(15)9-5-7-19(8-6-9)13-16-10-3-1-2-4-11(10)17-18-13/h1-4,9H,5-8H2,(H3,14,15). The topological polar surface area (TPSA) is 91.8 Å². The Morgan fingerprint density at radius 2 is 1.84 bits per heavy atom. The van der Waals surface area contributed by atoms with E-state index in [2.05, 4.69) is 20.1 Å². The van der Waals surface area contributed by atoms with E-state index in [0.29, 0.717) is 5.95 Å². The van der Waals surface area contributed by atoms with Gasteiger partial charge in [0.2, 0.25) is 5.95 Å².